The first-order chi connectivity index (χ1) is 13.3. The first-order valence-electron chi connectivity index (χ1n) is 9.10. The van der Waals surface area contributed by atoms with Gasteiger partial charge in [-0.05, 0) is 68.2 Å². The van der Waals surface area contributed by atoms with Crippen molar-refractivity contribution < 1.29 is 27.0 Å². The Morgan fingerprint density at radius 2 is 1.89 bits per heavy atom. The zero-order chi connectivity index (χ0) is 20.6. The number of rotatable bonds is 7. The molecule has 0 aliphatic heterocycles. The maximum absolute atomic E-state index is 12.7. The van der Waals surface area contributed by atoms with Gasteiger partial charge < -0.3 is 9.47 Å². The number of methoxy groups -OCH3 is 1. The Hall–Kier alpha value is -2.33. The molecule has 1 aliphatic rings. The molecule has 0 heterocycles. The SMILES string of the molecule is CO[C@]1(CCC=CC=C(F)C#N)CC[C@H](c2ccc(OC(F)(F)F)cc2)CC1. The van der Waals surface area contributed by atoms with E-state index in [0.29, 0.717) is 6.42 Å². The van der Waals surface area contributed by atoms with Gasteiger partial charge in [0.05, 0.1) is 5.60 Å². The molecule has 1 aliphatic carbocycles. The molecule has 0 unspecified atom stereocenters. The van der Waals surface area contributed by atoms with E-state index in [1.54, 1.807) is 19.2 Å². The van der Waals surface area contributed by atoms with Crippen LogP contribution in [0.25, 0.3) is 0 Å². The van der Waals surface area contributed by atoms with E-state index >= 15 is 0 Å². The molecule has 1 fully saturated rings. The van der Waals surface area contributed by atoms with Crippen molar-refractivity contribution in [2.75, 3.05) is 7.11 Å². The summed E-state index contributed by atoms with van der Waals surface area (Å²) < 4.78 is 59.2. The van der Waals surface area contributed by atoms with Crippen molar-refractivity contribution in [1.29, 1.82) is 5.26 Å². The molecule has 0 bridgehead atoms. The number of nitrogens with zero attached hydrogens (tertiary/aromatic N) is 1. The predicted octanol–water partition coefficient (Wildman–Crippen LogP) is 6.34. The first kappa shape index (κ1) is 22.0. The van der Waals surface area contributed by atoms with Gasteiger partial charge in [-0.2, -0.15) is 9.65 Å². The van der Waals surface area contributed by atoms with E-state index < -0.39 is 12.2 Å². The molecule has 0 amide bonds. The summed E-state index contributed by atoms with van der Waals surface area (Å²) >= 11 is 0. The van der Waals surface area contributed by atoms with Crippen LogP contribution in [0.5, 0.6) is 5.75 Å². The van der Waals surface area contributed by atoms with Crippen LogP contribution in [0.1, 0.15) is 50.0 Å². The van der Waals surface area contributed by atoms with Gasteiger partial charge in [-0.1, -0.05) is 24.3 Å². The number of benzene rings is 1. The lowest BCUT2D eigenvalue weighted by Gasteiger charge is -2.39. The molecule has 1 aromatic carbocycles. The van der Waals surface area contributed by atoms with E-state index in [4.69, 9.17) is 10.00 Å². The monoisotopic (exact) mass is 397 g/mol. The second kappa shape index (κ2) is 9.74. The summed E-state index contributed by atoms with van der Waals surface area (Å²) in [7, 11) is 1.68. The summed E-state index contributed by atoms with van der Waals surface area (Å²) in [5, 5.41) is 8.35. The van der Waals surface area contributed by atoms with Crippen LogP contribution < -0.4 is 4.74 Å². The Labute approximate surface area is 162 Å². The summed E-state index contributed by atoms with van der Waals surface area (Å²) in [5.41, 5.74) is 0.744. The Balaban J connectivity index is 1.88. The molecule has 1 saturated carbocycles. The quantitative estimate of drug-likeness (QED) is 0.306. The zero-order valence-corrected chi connectivity index (χ0v) is 15.6. The highest BCUT2D eigenvalue weighted by molar-refractivity contribution is 5.30. The minimum atomic E-state index is -4.69. The van der Waals surface area contributed by atoms with E-state index in [2.05, 4.69) is 4.74 Å². The van der Waals surface area contributed by atoms with Crippen molar-refractivity contribution in [3.63, 3.8) is 0 Å². The molecule has 1 aromatic rings. The Morgan fingerprint density at radius 1 is 1.25 bits per heavy atom. The molecule has 0 aromatic heterocycles. The van der Waals surface area contributed by atoms with E-state index in [1.165, 1.54) is 24.3 Å². The number of hydrogen-bond donors (Lipinski definition) is 0. The van der Waals surface area contributed by atoms with Gasteiger partial charge in [-0.15, -0.1) is 13.2 Å². The molecule has 3 nitrogen and oxygen atoms in total. The van der Waals surface area contributed by atoms with Gasteiger partial charge in [0.1, 0.15) is 11.8 Å². The fourth-order valence-electron chi connectivity index (χ4n) is 3.61. The number of hydrogen-bond acceptors (Lipinski definition) is 3. The van der Waals surface area contributed by atoms with Crippen molar-refractivity contribution >= 4 is 0 Å². The molecular weight excluding hydrogens is 374 g/mol. The molecule has 0 atom stereocenters. The Morgan fingerprint density at radius 3 is 2.43 bits per heavy atom. The van der Waals surface area contributed by atoms with E-state index in [0.717, 1.165) is 43.7 Å². The largest absolute Gasteiger partial charge is 0.573 e. The highest BCUT2D eigenvalue weighted by atomic mass is 19.4. The summed E-state index contributed by atoms with van der Waals surface area (Å²) in [6.07, 6.45) is 4.69. The minimum Gasteiger partial charge on any atom is -0.406 e. The lowest BCUT2D eigenvalue weighted by Crippen LogP contribution is -2.35. The molecule has 0 radical (unpaired) electrons. The summed E-state index contributed by atoms with van der Waals surface area (Å²) in [4.78, 5) is 0. The third kappa shape index (κ3) is 6.68. The number of alkyl halides is 3. The minimum absolute atomic E-state index is 0.216. The Bertz CT molecular complexity index is 724. The summed E-state index contributed by atoms with van der Waals surface area (Å²) in [6, 6.07) is 7.48. The fourth-order valence-corrected chi connectivity index (χ4v) is 3.61. The summed E-state index contributed by atoms with van der Waals surface area (Å²) in [5.74, 6) is -0.775. The van der Waals surface area contributed by atoms with Gasteiger partial charge in [0.25, 0.3) is 0 Å². The van der Waals surface area contributed by atoms with E-state index in [1.807, 2.05) is 6.08 Å². The van der Waals surface area contributed by atoms with Gasteiger partial charge in [0, 0.05) is 7.11 Å². The molecular formula is C21H23F4NO2. The average molecular weight is 397 g/mol. The number of nitriles is 1. The van der Waals surface area contributed by atoms with Crippen LogP contribution in [0.15, 0.2) is 48.3 Å². The number of halogens is 4. The molecule has 2 rings (SSSR count). The van der Waals surface area contributed by atoms with Gasteiger partial charge >= 0.3 is 6.36 Å². The molecule has 0 spiro atoms. The maximum atomic E-state index is 12.7. The smallest absolute Gasteiger partial charge is 0.406 e. The normalized spacial score (nSPS) is 23.6. The van der Waals surface area contributed by atoms with Crippen LogP contribution in [0, 0.1) is 11.3 Å². The van der Waals surface area contributed by atoms with Crippen molar-refractivity contribution in [1.82, 2.24) is 0 Å². The van der Waals surface area contributed by atoms with Crippen molar-refractivity contribution in [2.24, 2.45) is 0 Å². The van der Waals surface area contributed by atoms with Gasteiger partial charge in [-0.3, -0.25) is 0 Å². The van der Waals surface area contributed by atoms with Crippen LogP contribution in [-0.4, -0.2) is 19.1 Å². The summed E-state index contributed by atoms with van der Waals surface area (Å²) in [6.45, 7) is 0. The average Bonchev–Trinajstić information content (AvgIpc) is 2.67. The van der Waals surface area contributed by atoms with Gasteiger partial charge in [0.2, 0.25) is 0 Å². The fraction of sp³-hybridized carbons (Fsp3) is 0.476. The van der Waals surface area contributed by atoms with Crippen molar-refractivity contribution in [2.45, 2.75) is 56.4 Å². The number of allylic oxidation sites excluding steroid dienone is 4. The molecule has 152 valence electrons. The molecule has 28 heavy (non-hydrogen) atoms. The highest BCUT2D eigenvalue weighted by Gasteiger charge is 2.35. The van der Waals surface area contributed by atoms with Gasteiger partial charge in [-0.25, -0.2) is 0 Å². The maximum Gasteiger partial charge on any atom is 0.573 e. The van der Waals surface area contributed by atoms with Crippen LogP contribution in [0.3, 0.4) is 0 Å². The first-order valence-corrected chi connectivity index (χ1v) is 9.10. The van der Waals surface area contributed by atoms with Crippen LogP contribution in [-0.2, 0) is 4.74 Å². The molecule has 0 N–H and O–H groups in total. The van der Waals surface area contributed by atoms with Crippen LogP contribution in [0.4, 0.5) is 17.6 Å². The lowest BCUT2D eigenvalue weighted by molar-refractivity contribution is -0.274. The molecule has 0 saturated heterocycles. The number of ether oxygens (including phenoxy) is 2. The van der Waals surface area contributed by atoms with E-state index in [9.17, 15) is 17.6 Å². The Kier molecular flexibility index (Phi) is 7.64. The topological polar surface area (TPSA) is 42.2 Å². The predicted molar refractivity (Wildman–Crippen MR) is 97.3 cm³/mol. The highest BCUT2D eigenvalue weighted by Crippen LogP contribution is 2.42. The van der Waals surface area contributed by atoms with Crippen molar-refractivity contribution in [3.8, 4) is 11.8 Å². The second-order valence-corrected chi connectivity index (χ2v) is 6.87. The molecule has 7 heteroatoms. The lowest BCUT2D eigenvalue weighted by atomic mass is 9.74. The third-order valence-corrected chi connectivity index (χ3v) is 5.17. The standard InChI is InChI=1S/C21H23F4NO2/c1-27-20(12-4-2-3-5-18(22)15-26)13-10-17(11-14-20)16-6-8-19(9-7-16)28-21(23,24)25/h2-3,5-9,17H,4,10-14H2,1H3/t17-,20+. The van der Waals surface area contributed by atoms with E-state index in [-0.39, 0.29) is 17.3 Å². The van der Waals surface area contributed by atoms with Gasteiger partial charge in [0.15, 0.2) is 5.83 Å². The zero-order valence-electron chi connectivity index (χ0n) is 15.6. The third-order valence-electron chi connectivity index (χ3n) is 5.17. The second-order valence-electron chi connectivity index (χ2n) is 6.87. The van der Waals surface area contributed by atoms with Crippen LogP contribution in [0.2, 0.25) is 0 Å². The van der Waals surface area contributed by atoms with Crippen LogP contribution >= 0.6 is 0 Å². The van der Waals surface area contributed by atoms with Crippen molar-refractivity contribution in [3.05, 3.63) is 53.9 Å².